The van der Waals surface area contributed by atoms with Crippen LogP contribution >= 0.6 is 0 Å². The van der Waals surface area contributed by atoms with Crippen molar-refractivity contribution in [3.05, 3.63) is 0 Å². The van der Waals surface area contributed by atoms with E-state index < -0.39 is 0 Å². The lowest BCUT2D eigenvalue weighted by molar-refractivity contribution is -0.125. The van der Waals surface area contributed by atoms with E-state index in [1.165, 1.54) is 0 Å². The Hall–Kier alpha value is -0.990. The average molecular weight is 310 g/mol. The molecule has 0 aliphatic carbocycles. The number of carbonyl (C=O) groups is 3. The standard InChI is InChI=1S/C19H34O3/c1-15(2)18(21)12-10-8-6-5-7-9-11-17(20)13-14-19(22)16(3)4/h15-16H,5-14H2,1-4H3. The number of unbranched alkanes of at least 4 members (excludes halogenated alkanes) is 5. The topological polar surface area (TPSA) is 51.2 Å². The summed E-state index contributed by atoms with van der Waals surface area (Å²) in [6.07, 6.45) is 8.51. The minimum atomic E-state index is 0.0374. The van der Waals surface area contributed by atoms with Gasteiger partial charge in [-0.2, -0.15) is 0 Å². The molecule has 0 spiro atoms. The van der Waals surface area contributed by atoms with Crippen LogP contribution in [0, 0.1) is 11.8 Å². The van der Waals surface area contributed by atoms with Gasteiger partial charge in [0.25, 0.3) is 0 Å². The molecule has 0 aliphatic rings. The second-order valence-electron chi connectivity index (χ2n) is 6.90. The lowest BCUT2D eigenvalue weighted by Gasteiger charge is -2.05. The van der Waals surface area contributed by atoms with Crippen molar-refractivity contribution in [2.75, 3.05) is 0 Å². The predicted molar refractivity (Wildman–Crippen MR) is 90.9 cm³/mol. The van der Waals surface area contributed by atoms with Crippen LogP contribution in [0.3, 0.4) is 0 Å². The third-order valence-electron chi connectivity index (χ3n) is 4.07. The van der Waals surface area contributed by atoms with Crippen molar-refractivity contribution in [3.63, 3.8) is 0 Å². The first-order valence-corrected chi connectivity index (χ1v) is 8.91. The zero-order valence-corrected chi connectivity index (χ0v) is 15.0. The number of ketones is 3. The molecule has 0 aromatic rings. The molecule has 0 atom stereocenters. The summed E-state index contributed by atoms with van der Waals surface area (Å²) >= 11 is 0. The second kappa shape index (κ2) is 12.5. The van der Waals surface area contributed by atoms with E-state index in [1.54, 1.807) is 0 Å². The van der Waals surface area contributed by atoms with Crippen molar-refractivity contribution in [1.29, 1.82) is 0 Å². The van der Waals surface area contributed by atoms with Crippen molar-refractivity contribution in [2.24, 2.45) is 11.8 Å². The van der Waals surface area contributed by atoms with Crippen molar-refractivity contribution in [3.8, 4) is 0 Å². The highest BCUT2D eigenvalue weighted by Gasteiger charge is 2.10. The van der Waals surface area contributed by atoms with Gasteiger partial charge in [0, 0.05) is 37.5 Å². The van der Waals surface area contributed by atoms with Crippen LogP contribution < -0.4 is 0 Å². The summed E-state index contributed by atoms with van der Waals surface area (Å²) in [4.78, 5) is 34.5. The fraction of sp³-hybridized carbons (Fsp3) is 0.842. The molecular formula is C19H34O3. The first-order chi connectivity index (χ1) is 10.3. The van der Waals surface area contributed by atoms with Crippen LogP contribution in [0.25, 0.3) is 0 Å². The summed E-state index contributed by atoms with van der Waals surface area (Å²) in [7, 11) is 0. The van der Waals surface area contributed by atoms with Crippen LogP contribution in [0.1, 0.15) is 91.9 Å². The Morgan fingerprint density at radius 3 is 1.45 bits per heavy atom. The van der Waals surface area contributed by atoms with Crippen LogP contribution in [0.5, 0.6) is 0 Å². The number of Topliss-reactive ketones (excluding diaryl/α,β-unsaturated/α-hetero) is 3. The summed E-state index contributed by atoms with van der Waals surface area (Å²) in [5, 5.41) is 0. The van der Waals surface area contributed by atoms with E-state index >= 15 is 0 Å². The first-order valence-electron chi connectivity index (χ1n) is 8.91. The Morgan fingerprint density at radius 1 is 0.545 bits per heavy atom. The first kappa shape index (κ1) is 21.0. The Bertz CT molecular complexity index is 343. The van der Waals surface area contributed by atoms with E-state index in [0.717, 1.165) is 38.5 Å². The summed E-state index contributed by atoms with van der Waals surface area (Å²) < 4.78 is 0. The van der Waals surface area contributed by atoms with E-state index in [0.29, 0.717) is 31.5 Å². The molecule has 128 valence electrons. The van der Waals surface area contributed by atoms with E-state index in [4.69, 9.17) is 0 Å². The summed E-state index contributed by atoms with van der Waals surface area (Å²) in [5.74, 6) is 0.964. The van der Waals surface area contributed by atoms with Gasteiger partial charge in [-0.3, -0.25) is 14.4 Å². The van der Waals surface area contributed by atoms with Crippen molar-refractivity contribution in [2.45, 2.75) is 91.9 Å². The van der Waals surface area contributed by atoms with Gasteiger partial charge in [-0.1, -0.05) is 53.4 Å². The van der Waals surface area contributed by atoms with Gasteiger partial charge in [0.15, 0.2) is 0 Å². The lowest BCUT2D eigenvalue weighted by atomic mass is 10.00. The Morgan fingerprint density at radius 2 is 0.955 bits per heavy atom. The fourth-order valence-electron chi connectivity index (χ4n) is 2.29. The van der Waals surface area contributed by atoms with E-state index in [1.807, 2.05) is 27.7 Å². The lowest BCUT2D eigenvalue weighted by Crippen LogP contribution is -2.09. The second-order valence-corrected chi connectivity index (χ2v) is 6.90. The maximum Gasteiger partial charge on any atom is 0.135 e. The molecule has 0 radical (unpaired) electrons. The highest BCUT2D eigenvalue weighted by atomic mass is 16.1. The van der Waals surface area contributed by atoms with Gasteiger partial charge in [0.05, 0.1) is 0 Å². The molecule has 3 nitrogen and oxygen atoms in total. The predicted octanol–water partition coefficient (Wildman–Crippen LogP) is 4.91. The highest BCUT2D eigenvalue weighted by molar-refractivity contribution is 5.86. The van der Waals surface area contributed by atoms with Gasteiger partial charge in [0.2, 0.25) is 0 Å². The van der Waals surface area contributed by atoms with Gasteiger partial charge in [-0.05, 0) is 12.8 Å². The molecule has 0 unspecified atom stereocenters. The number of hydrogen-bond acceptors (Lipinski definition) is 3. The maximum absolute atomic E-state index is 11.7. The molecule has 22 heavy (non-hydrogen) atoms. The van der Waals surface area contributed by atoms with Crippen LogP contribution in [0.4, 0.5) is 0 Å². The van der Waals surface area contributed by atoms with Gasteiger partial charge in [-0.15, -0.1) is 0 Å². The number of carbonyl (C=O) groups excluding carboxylic acids is 3. The largest absolute Gasteiger partial charge is 0.300 e. The van der Waals surface area contributed by atoms with E-state index in [2.05, 4.69) is 0 Å². The summed E-state index contributed by atoms with van der Waals surface area (Å²) in [5.41, 5.74) is 0. The Kier molecular flexibility index (Phi) is 12.0. The van der Waals surface area contributed by atoms with E-state index in [9.17, 15) is 14.4 Å². The molecule has 0 rings (SSSR count). The Labute approximate surface area is 136 Å². The zero-order chi connectivity index (χ0) is 17.0. The normalized spacial score (nSPS) is 11.2. The third-order valence-corrected chi connectivity index (χ3v) is 4.07. The summed E-state index contributed by atoms with van der Waals surface area (Å²) in [6, 6.07) is 0. The van der Waals surface area contributed by atoms with Gasteiger partial charge in [0.1, 0.15) is 17.3 Å². The Balaban J connectivity index is 3.41. The molecule has 0 fully saturated rings. The quantitative estimate of drug-likeness (QED) is 0.428. The van der Waals surface area contributed by atoms with Gasteiger partial charge >= 0.3 is 0 Å². The fourth-order valence-corrected chi connectivity index (χ4v) is 2.29. The number of rotatable bonds is 14. The summed E-state index contributed by atoms with van der Waals surface area (Å²) in [6.45, 7) is 7.66. The van der Waals surface area contributed by atoms with Gasteiger partial charge in [-0.25, -0.2) is 0 Å². The number of hydrogen-bond donors (Lipinski definition) is 0. The van der Waals surface area contributed by atoms with Crippen LogP contribution in [-0.4, -0.2) is 17.3 Å². The highest BCUT2D eigenvalue weighted by Crippen LogP contribution is 2.12. The van der Waals surface area contributed by atoms with Crippen LogP contribution in [0.2, 0.25) is 0 Å². The maximum atomic E-state index is 11.7. The monoisotopic (exact) mass is 310 g/mol. The van der Waals surface area contributed by atoms with Crippen LogP contribution in [0.15, 0.2) is 0 Å². The van der Waals surface area contributed by atoms with Crippen LogP contribution in [-0.2, 0) is 14.4 Å². The molecule has 0 aromatic carbocycles. The molecule has 0 aromatic heterocycles. The molecule has 0 bridgehead atoms. The molecule has 0 N–H and O–H groups in total. The molecule has 0 heterocycles. The smallest absolute Gasteiger partial charge is 0.135 e. The molecule has 0 amide bonds. The van der Waals surface area contributed by atoms with Crippen molar-refractivity contribution >= 4 is 17.3 Å². The average Bonchev–Trinajstić information content (AvgIpc) is 2.46. The molecule has 0 saturated heterocycles. The molecule has 0 aliphatic heterocycles. The van der Waals surface area contributed by atoms with E-state index in [-0.39, 0.29) is 23.4 Å². The zero-order valence-electron chi connectivity index (χ0n) is 15.0. The molecular weight excluding hydrogens is 276 g/mol. The minimum absolute atomic E-state index is 0.0374. The van der Waals surface area contributed by atoms with Crippen molar-refractivity contribution < 1.29 is 14.4 Å². The SMILES string of the molecule is CC(C)C(=O)CCCCCCCCC(=O)CCC(=O)C(C)C. The van der Waals surface area contributed by atoms with Gasteiger partial charge < -0.3 is 0 Å². The molecule has 3 heteroatoms. The third kappa shape index (κ3) is 11.6. The minimum Gasteiger partial charge on any atom is -0.300 e. The molecule has 0 saturated carbocycles. The van der Waals surface area contributed by atoms with Crippen molar-refractivity contribution in [1.82, 2.24) is 0 Å².